The molecule has 0 atom stereocenters. The molecule has 1 aliphatic heterocycles. The number of aldehydes is 1. The maximum Gasteiger partial charge on any atom is 0.258 e. The summed E-state index contributed by atoms with van der Waals surface area (Å²) in [5, 5.41) is 0. The van der Waals surface area contributed by atoms with Crippen LogP contribution in [0.3, 0.4) is 0 Å². The average Bonchev–Trinajstić information content (AvgIpc) is 2.56. The minimum atomic E-state index is -0.307. The molecule has 0 unspecified atom stereocenters. The van der Waals surface area contributed by atoms with Crippen molar-refractivity contribution in [2.24, 2.45) is 0 Å². The highest BCUT2D eigenvalue weighted by molar-refractivity contribution is 5.53. The lowest BCUT2D eigenvalue weighted by Crippen LogP contribution is -2.44. The molecule has 1 aromatic heterocycles. The number of hydrogen-bond donors (Lipinski definition) is 0. The summed E-state index contributed by atoms with van der Waals surface area (Å²) in [6.45, 7) is 8.41. The summed E-state index contributed by atoms with van der Waals surface area (Å²) in [6, 6.07) is 6.40. The van der Waals surface area contributed by atoms with Gasteiger partial charge in [-0.15, -0.1) is 0 Å². The fourth-order valence-electron chi connectivity index (χ4n) is 2.99. The van der Waals surface area contributed by atoms with Crippen LogP contribution in [0.1, 0.15) is 18.4 Å². The first kappa shape index (κ1) is 19.8. The van der Waals surface area contributed by atoms with Crippen molar-refractivity contribution in [2.45, 2.75) is 20.8 Å². The summed E-state index contributed by atoms with van der Waals surface area (Å²) in [7, 11) is 2.07. The van der Waals surface area contributed by atoms with Crippen LogP contribution >= 0.6 is 0 Å². The number of carbonyl (C=O) groups excluding carboxylic acids is 1. The Hall–Kier alpha value is -2.54. The summed E-state index contributed by atoms with van der Waals surface area (Å²) in [5.74, 6) is 0.251. The molecule has 0 saturated carbocycles. The first-order valence-corrected chi connectivity index (χ1v) is 8.58. The van der Waals surface area contributed by atoms with Crippen LogP contribution in [0, 0.1) is 19.7 Å². The number of benzene rings is 1. The van der Waals surface area contributed by atoms with Gasteiger partial charge >= 0.3 is 0 Å². The fraction of sp³-hybridized carbons (Fsp3) is 0.421. The Kier molecular flexibility index (Phi) is 6.63. The topological polar surface area (TPSA) is 58.4 Å². The third kappa shape index (κ3) is 4.54. The van der Waals surface area contributed by atoms with Crippen molar-refractivity contribution in [3.05, 3.63) is 52.0 Å². The molecule has 0 radical (unpaired) electrons. The summed E-state index contributed by atoms with van der Waals surface area (Å²) in [4.78, 5) is 29.5. The van der Waals surface area contributed by atoms with Crippen molar-refractivity contribution < 1.29 is 9.18 Å². The van der Waals surface area contributed by atoms with Crippen LogP contribution in [0.5, 0.6) is 0 Å². The molecule has 6 nitrogen and oxygen atoms in total. The molecule has 1 saturated heterocycles. The number of nitrogens with zero attached hydrogens (tertiary/aromatic N) is 4. The van der Waals surface area contributed by atoms with Crippen LogP contribution in [-0.4, -0.2) is 54.0 Å². The highest BCUT2D eigenvalue weighted by Gasteiger charge is 2.18. The van der Waals surface area contributed by atoms with Crippen LogP contribution in [0.2, 0.25) is 0 Å². The van der Waals surface area contributed by atoms with Crippen LogP contribution in [0.15, 0.2) is 29.1 Å². The van der Waals surface area contributed by atoms with Crippen molar-refractivity contribution in [3.8, 4) is 5.69 Å². The average molecular weight is 360 g/mol. The Morgan fingerprint density at radius 1 is 1.12 bits per heavy atom. The fourth-order valence-corrected chi connectivity index (χ4v) is 2.99. The second kappa shape index (κ2) is 8.71. The molecule has 0 bridgehead atoms. The van der Waals surface area contributed by atoms with E-state index in [4.69, 9.17) is 4.79 Å². The second-order valence-electron chi connectivity index (χ2n) is 6.28. The van der Waals surface area contributed by atoms with E-state index in [0.29, 0.717) is 22.9 Å². The Balaban J connectivity index is 0.000000758. The van der Waals surface area contributed by atoms with Gasteiger partial charge in [0.1, 0.15) is 17.9 Å². The maximum atomic E-state index is 14.6. The zero-order valence-corrected chi connectivity index (χ0v) is 15.7. The third-order valence-corrected chi connectivity index (χ3v) is 4.25. The summed E-state index contributed by atoms with van der Waals surface area (Å²) < 4.78 is 16.0. The van der Waals surface area contributed by atoms with Gasteiger partial charge in [0.15, 0.2) is 0 Å². The largest absolute Gasteiger partial charge is 0.367 e. The highest BCUT2D eigenvalue weighted by atomic mass is 19.1. The van der Waals surface area contributed by atoms with Gasteiger partial charge in [0.05, 0.1) is 11.4 Å². The van der Waals surface area contributed by atoms with Crippen LogP contribution in [-0.2, 0) is 4.79 Å². The van der Waals surface area contributed by atoms with E-state index in [9.17, 15) is 9.18 Å². The van der Waals surface area contributed by atoms with E-state index in [1.807, 2.05) is 4.90 Å². The minimum Gasteiger partial charge on any atom is -0.367 e. The Bertz CT molecular complexity index is 827. The molecule has 7 heteroatoms. The number of anilines is 1. The third-order valence-electron chi connectivity index (χ3n) is 4.25. The predicted octanol–water partition coefficient (Wildman–Crippen LogP) is 1.95. The van der Waals surface area contributed by atoms with Gasteiger partial charge in [-0.25, -0.2) is 9.37 Å². The molecular formula is C19H25FN4O2. The van der Waals surface area contributed by atoms with Crippen molar-refractivity contribution in [3.63, 3.8) is 0 Å². The van der Waals surface area contributed by atoms with Gasteiger partial charge in [0, 0.05) is 44.0 Å². The van der Waals surface area contributed by atoms with Gasteiger partial charge in [0.25, 0.3) is 5.56 Å². The number of halogens is 1. The molecule has 1 fully saturated rings. The van der Waals surface area contributed by atoms with E-state index in [-0.39, 0.29) is 11.4 Å². The normalized spacial score (nSPS) is 14.6. The van der Waals surface area contributed by atoms with Gasteiger partial charge in [0.2, 0.25) is 0 Å². The molecule has 1 aromatic carbocycles. The molecule has 0 spiro atoms. The molecule has 2 heterocycles. The Labute approximate surface area is 152 Å². The first-order valence-electron chi connectivity index (χ1n) is 8.58. The Morgan fingerprint density at radius 2 is 1.73 bits per heavy atom. The molecule has 1 aliphatic rings. The zero-order chi connectivity index (χ0) is 19.3. The summed E-state index contributed by atoms with van der Waals surface area (Å²) in [5.41, 5.74) is 1.57. The van der Waals surface area contributed by atoms with Crippen LogP contribution < -0.4 is 10.5 Å². The van der Waals surface area contributed by atoms with Crippen LogP contribution in [0.25, 0.3) is 5.69 Å². The van der Waals surface area contributed by atoms with Gasteiger partial charge in [-0.1, -0.05) is 0 Å². The molecule has 3 rings (SSSR count). The van der Waals surface area contributed by atoms with E-state index < -0.39 is 0 Å². The van der Waals surface area contributed by atoms with E-state index in [1.165, 1.54) is 23.6 Å². The van der Waals surface area contributed by atoms with Gasteiger partial charge in [-0.3, -0.25) is 9.36 Å². The lowest BCUT2D eigenvalue weighted by atomic mass is 10.2. The molecule has 0 aliphatic carbocycles. The molecule has 0 amide bonds. The number of aryl methyl sites for hydroxylation is 2. The predicted molar refractivity (Wildman–Crippen MR) is 101 cm³/mol. The van der Waals surface area contributed by atoms with Crippen molar-refractivity contribution in [1.29, 1.82) is 0 Å². The number of piperazine rings is 1. The first-order chi connectivity index (χ1) is 12.4. The zero-order valence-electron chi connectivity index (χ0n) is 15.7. The van der Waals surface area contributed by atoms with Crippen molar-refractivity contribution in [2.75, 3.05) is 38.1 Å². The van der Waals surface area contributed by atoms with Gasteiger partial charge in [-0.2, -0.15) is 0 Å². The number of carbonyl (C=O) groups is 1. The molecule has 140 valence electrons. The second-order valence-corrected chi connectivity index (χ2v) is 6.28. The van der Waals surface area contributed by atoms with E-state index >= 15 is 0 Å². The number of rotatable bonds is 2. The Morgan fingerprint density at radius 3 is 2.27 bits per heavy atom. The molecule has 2 aromatic rings. The summed E-state index contributed by atoms with van der Waals surface area (Å²) >= 11 is 0. The van der Waals surface area contributed by atoms with Gasteiger partial charge < -0.3 is 14.6 Å². The van der Waals surface area contributed by atoms with E-state index in [2.05, 4.69) is 16.9 Å². The highest BCUT2D eigenvalue weighted by Crippen LogP contribution is 2.23. The number of hydrogen-bond acceptors (Lipinski definition) is 5. The molecular weight excluding hydrogens is 335 g/mol. The lowest BCUT2D eigenvalue weighted by Gasteiger charge is -2.34. The monoisotopic (exact) mass is 360 g/mol. The van der Waals surface area contributed by atoms with Crippen LogP contribution in [0.4, 0.5) is 10.1 Å². The van der Waals surface area contributed by atoms with Crippen molar-refractivity contribution >= 4 is 12.0 Å². The van der Waals surface area contributed by atoms with Gasteiger partial charge in [-0.05, 0) is 40.0 Å². The SMILES string of the molecule is CC=O.Cc1cc(=O)n(-c2ccc(N3CCN(C)CC3)c(F)c2)c(C)n1. The number of likely N-dealkylation sites (N-methyl/N-ethyl adjacent to an activating group) is 1. The van der Waals surface area contributed by atoms with E-state index in [1.54, 1.807) is 26.0 Å². The minimum absolute atomic E-state index is 0.193. The smallest absolute Gasteiger partial charge is 0.258 e. The van der Waals surface area contributed by atoms with E-state index in [0.717, 1.165) is 32.5 Å². The molecule has 26 heavy (non-hydrogen) atoms. The van der Waals surface area contributed by atoms with Crippen molar-refractivity contribution in [1.82, 2.24) is 14.5 Å². The quantitative estimate of drug-likeness (QED) is 0.766. The lowest BCUT2D eigenvalue weighted by molar-refractivity contribution is -0.106. The maximum absolute atomic E-state index is 14.6. The standard InChI is InChI=1S/C17H21FN4O.C2H4O/c1-12-10-17(23)22(13(2)19-12)14-4-5-16(15(18)11-14)21-8-6-20(3)7-9-21;1-2-3/h4-5,10-11H,6-9H2,1-3H3;2H,1H3. The molecule has 0 N–H and O–H groups in total. The number of aromatic nitrogens is 2. The summed E-state index contributed by atoms with van der Waals surface area (Å²) in [6.07, 6.45) is 0.750.